The molecule has 0 aromatic rings. The van der Waals surface area contributed by atoms with Gasteiger partial charge < -0.3 is 4.74 Å². The number of imide groups is 1. The highest BCUT2D eigenvalue weighted by Crippen LogP contribution is 2.20. The molecular weight excluding hydrogens is 186 g/mol. The van der Waals surface area contributed by atoms with E-state index in [1.54, 1.807) is 6.92 Å². The van der Waals surface area contributed by atoms with E-state index in [0.717, 1.165) is 4.90 Å². The van der Waals surface area contributed by atoms with Gasteiger partial charge in [0.1, 0.15) is 0 Å². The Morgan fingerprint density at radius 1 is 1.43 bits per heavy atom. The zero-order valence-corrected chi connectivity index (χ0v) is 8.23. The molecule has 0 radical (unpaired) electrons. The van der Waals surface area contributed by atoms with Crippen molar-refractivity contribution in [1.82, 2.24) is 4.90 Å². The van der Waals surface area contributed by atoms with Gasteiger partial charge in [-0.05, 0) is 12.5 Å². The van der Waals surface area contributed by atoms with Gasteiger partial charge in [0, 0.05) is 19.9 Å². The summed E-state index contributed by atoms with van der Waals surface area (Å²) in [5.41, 5.74) is 0.556. The Morgan fingerprint density at radius 2 is 2.00 bits per heavy atom. The van der Waals surface area contributed by atoms with Crippen molar-refractivity contribution in [2.24, 2.45) is 0 Å². The summed E-state index contributed by atoms with van der Waals surface area (Å²) in [7, 11) is 0. The van der Waals surface area contributed by atoms with Gasteiger partial charge >= 0.3 is 5.97 Å². The van der Waals surface area contributed by atoms with Crippen molar-refractivity contribution in [3.8, 4) is 0 Å². The fourth-order valence-corrected chi connectivity index (χ4v) is 1.28. The second kappa shape index (κ2) is 3.61. The van der Waals surface area contributed by atoms with Crippen molar-refractivity contribution in [2.45, 2.75) is 27.0 Å². The first-order valence-electron chi connectivity index (χ1n) is 4.12. The van der Waals surface area contributed by atoms with E-state index in [4.69, 9.17) is 4.74 Å². The van der Waals surface area contributed by atoms with E-state index in [1.807, 2.05) is 0 Å². The van der Waals surface area contributed by atoms with Crippen molar-refractivity contribution in [1.29, 1.82) is 0 Å². The van der Waals surface area contributed by atoms with E-state index in [9.17, 15) is 14.4 Å². The van der Waals surface area contributed by atoms with E-state index >= 15 is 0 Å². The molecule has 1 aliphatic rings. The van der Waals surface area contributed by atoms with Gasteiger partial charge in [0.25, 0.3) is 5.91 Å². The van der Waals surface area contributed by atoms with E-state index < -0.39 is 24.0 Å². The normalized spacial score (nSPS) is 20.8. The third kappa shape index (κ3) is 1.81. The fourth-order valence-electron chi connectivity index (χ4n) is 1.28. The van der Waals surface area contributed by atoms with Gasteiger partial charge in [0.2, 0.25) is 12.1 Å². The highest BCUT2D eigenvalue weighted by atomic mass is 16.6. The lowest BCUT2D eigenvalue weighted by Gasteiger charge is -2.22. The van der Waals surface area contributed by atoms with Crippen LogP contribution in [0.15, 0.2) is 11.6 Å². The Morgan fingerprint density at radius 3 is 2.43 bits per heavy atom. The summed E-state index contributed by atoms with van der Waals surface area (Å²) in [6, 6.07) is 0. The molecule has 5 heteroatoms. The minimum Gasteiger partial charge on any atom is -0.437 e. The molecule has 0 saturated heterocycles. The molecule has 1 aliphatic heterocycles. The van der Waals surface area contributed by atoms with Crippen LogP contribution in [0.25, 0.3) is 0 Å². The average Bonchev–Trinajstić information content (AvgIpc) is 2.25. The molecule has 1 rings (SSSR count). The van der Waals surface area contributed by atoms with Crippen LogP contribution in [0, 0.1) is 0 Å². The second-order valence-corrected chi connectivity index (χ2v) is 3.08. The maximum absolute atomic E-state index is 11.3. The standard InChI is InChI=1S/C9H11NO4/c1-5-4-8(13)10(6(2)11)9(5)14-7(3)12/h4,9H,1-3H3. The number of carbonyl (C=O) groups excluding carboxylic acids is 3. The number of amides is 2. The summed E-state index contributed by atoms with van der Waals surface area (Å²) in [4.78, 5) is 34.0. The molecule has 5 nitrogen and oxygen atoms in total. The topological polar surface area (TPSA) is 63.7 Å². The Balaban J connectivity index is 2.90. The molecule has 76 valence electrons. The molecule has 1 unspecified atom stereocenters. The number of esters is 1. The summed E-state index contributed by atoms with van der Waals surface area (Å²) < 4.78 is 4.84. The van der Waals surface area contributed by atoms with Crippen LogP contribution >= 0.6 is 0 Å². The smallest absolute Gasteiger partial charge is 0.304 e. The highest BCUT2D eigenvalue weighted by molar-refractivity contribution is 6.03. The zero-order chi connectivity index (χ0) is 10.9. The van der Waals surface area contributed by atoms with E-state index in [0.29, 0.717) is 5.57 Å². The van der Waals surface area contributed by atoms with Crippen LogP contribution in [0.4, 0.5) is 0 Å². The van der Waals surface area contributed by atoms with Gasteiger partial charge in [-0.15, -0.1) is 0 Å². The summed E-state index contributed by atoms with van der Waals surface area (Å²) in [6.07, 6.45) is 0.423. The van der Waals surface area contributed by atoms with Gasteiger partial charge in [-0.2, -0.15) is 0 Å². The van der Waals surface area contributed by atoms with E-state index in [-0.39, 0.29) is 0 Å². The molecule has 14 heavy (non-hydrogen) atoms. The molecular formula is C9H11NO4. The summed E-state index contributed by atoms with van der Waals surface area (Å²) in [5, 5.41) is 0. The molecule has 0 aromatic heterocycles. The maximum atomic E-state index is 11.3. The number of hydrogen-bond donors (Lipinski definition) is 0. The Hall–Kier alpha value is -1.65. The van der Waals surface area contributed by atoms with Crippen LogP contribution in [-0.2, 0) is 19.1 Å². The summed E-state index contributed by atoms with van der Waals surface area (Å²) in [5.74, 6) is -1.40. The molecule has 0 aliphatic carbocycles. The lowest BCUT2D eigenvalue weighted by Crippen LogP contribution is -2.41. The fraction of sp³-hybridized carbons (Fsp3) is 0.444. The van der Waals surface area contributed by atoms with Crippen LogP contribution in [0.2, 0.25) is 0 Å². The Bertz CT molecular complexity index is 332. The van der Waals surface area contributed by atoms with Crippen LogP contribution in [-0.4, -0.2) is 28.9 Å². The van der Waals surface area contributed by atoms with Gasteiger partial charge in [-0.3, -0.25) is 14.4 Å². The number of hydrogen-bond acceptors (Lipinski definition) is 4. The molecule has 2 amide bonds. The molecule has 0 aromatic carbocycles. The van der Waals surface area contributed by atoms with Crippen LogP contribution in [0.3, 0.4) is 0 Å². The first-order valence-corrected chi connectivity index (χ1v) is 4.12. The first kappa shape index (κ1) is 10.4. The largest absolute Gasteiger partial charge is 0.437 e. The average molecular weight is 197 g/mol. The predicted molar refractivity (Wildman–Crippen MR) is 46.8 cm³/mol. The SMILES string of the molecule is CC(=O)OC1C(C)=CC(=O)N1C(C)=O. The van der Waals surface area contributed by atoms with Gasteiger partial charge in [-0.1, -0.05) is 0 Å². The van der Waals surface area contributed by atoms with E-state index in [2.05, 4.69) is 0 Å². The van der Waals surface area contributed by atoms with Crippen LogP contribution in [0.1, 0.15) is 20.8 Å². The lowest BCUT2D eigenvalue weighted by atomic mass is 10.3. The predicted octanol–water partition coefficient (Wildman–Crippen LogP) is 0.211. The summed E-state index contributed by atoms with van der Waals surface area (Å²) in [6.45, 7) is 4.11. The molecule has 0 N–H and O–H groups in total. The van der Waals surface area contributed by atoms with Gasteiger partial charge in [0.15, 0.2) is 0 Å². The zero-order valence-electron chi connectivity index (χ0n) is 8.23. The monoisotopic (exact) mass is 197 g/mol. The molecule has 0 saturated carbocycles. The van der Waals surface area contributed by atoms with Crippen molar-refractivity contribution < 1.29 is 19.1 Å². The molecule has 0 bridgehead atoms. The lowest BCUT2D eigenvalue weighted by molar-refractivity contribution is -0.160. The number of nitrogens with zero attached hydrogens (tertiary/aromatic N) is 1. The second-order valence-electron chi connectivity index (χ2n) is 3.08. The van der Waals surface area contributed by atoms with Crippen molar-refractivity contribution in [3.05, 3.63) is 11.6 Å². The molecule has 0 spiro atoms. The van der Waals surface area contributed by atoms with Crippen LogP contribution < -0.4 is 0 Å². The van der Waals surface area contributed by atoms with E-state index in [1.165, 1.54) is 19.9 Å². The van der Waals surface area contributed by atoms with Gasteiger partial charge in [0.05, 0.1) is 0 Å². The number of carbonyl (C=O) groups is 3. The number of rotatable bonds is 1. The Labute approximate surface area is 81.3 Å². The van der Waals surface area contributed by atoms with Crippen molar-refractivity contribution in [3.63, 3.8) is 0 Å². The molecule has 1 heterocycles. The van der Waals surface area contributed by atoms with Crippen molar-refractivity contribution in [2.75, 3.05) is 0 Å². The molecule has 1 atom stereocenters. The first-order chi connectivity index (χ1) is 6.43. The van der Waals surface area contributed by atoms with Gasteiger partial charge in [-0.25, -0.2) is 4.90 Å². The highest BCUT2D eigenvalue weighted by Gasteiger charge is 2.35. The Kier molecular flexibility index (Phi) is 2.69. The maximum Gasteiger partial charge on any atom is 0.304 e. The van der Waals surface area contributed by atoms with Crippen LogP contribution in [0.5, 0.6) is 0 Å². The third-order valence-corrected chi connectivity index (χ3v) is 1.83. The summed E-state index contributed by atoms with van der Waals surface area (Å²) >= 11 is 0. The third-order valence-electron chi connectivity index (χ3n) is 1.83. The quantitative estimate of drug-likeness (QED) is 0.564. The minimum atomic E-state index is -0.863. The van der Waals surface area contributed by atoms with Crippen molar-refractivity contribution >= 4 is 17.8 Å². The molecule has 0 fully saturated rings. The number of ether oxygens (including phenoxy) is 1. The minimum absolute atomic E-state index is 0.436.